The Morgan fingerprint density at radius 3 is 2.65 bits per heavy atom. The first kappa shape index (κ1) is 15.2. The zero-order chi connectivity index (χ0) is 14.6. The van der Waals surface area contributed by atoms with Gasteiger partial charge in [-0.05, 0) is 31.4 Å². The lowest BCUT2D eigenvalue weighted by Gasteiger charge is -2.40. The molecule has 1 unspecified atom stereocenters. The van der Waals surface area contributed by atoms with E-state index in [4.69, 9.17) is 0 Å². The topological polar surface area (TPSA) is 57.6 Å². The SMILES string of the molecule is C=CCC1(CO)CCCN(S(=O)(=O)c2ccccc2)C1. The van der Waals surface area contributed by atoms with Gasteiger partial charge in [-0.15, -0.1) is 6.58 Å². The highest BCUT2D eigenvalue weighted by atomic mass is 32.2. The summed E-state index contributed by atoms with van der Waals surface area (Å²) in [7, 11) is -3.47. The molecule has 0 aromatic heterocycles. The standard InChI is InChI=1S/C15H21NO3S/c1-2-9-15(13-17)10-6-11-16(12-15)20(18,19)14-7-4-3-5-8-14/h2-5,7-8,17H,1,6,9-13H2. The highest BCUT2D eigenvalue weighted by molar-refractivity contribution is 7.89. The summed E-state index contributed by atoms with van der Waals surface area (Å²) in [6, 6.07) is 8.46. The van der Waals surface area contributed by atoms with Gasteiger partial charge in [0.2, 0.25) is 10.0 Å². The van der Waals surface area contributed by atoms with Gasteiger partial charge in [-0.3, -0.25) is 0 Å². The molecule has 1 atom stereocenters. The Labute approximate surface area is 120 Å². The van der Waals surface area contributed by atoms with Crippen LogP contribution in [0.25, 0.3) is 0 Å². The molecular weight excluding hydrogens is 274 g/mol. The fraction of sp³-hybridized carbons (Fsp3) is 0.467. The largest absolute Gasteiger partial charge is 0.396 e. The molecule has 0 amide bonds. The lowest BCUT2D eigenvalue weighted by molar-refractivity contribution is 0.0669. The van der Waals surface area contributed by atoms with Crippen LogP contribution in [0.5, 0.6) is 0 Å². The molecule has 1 aliphatic heterocycles. The maximum Gasteiger partial charge on any atom is 0.243 e. The van der Waals surface area contributed by atoms with Gasteiger partial charge in [0.1, 0.15) is 0 Å². The summed E-state index contributed by atoms with van der Waals surface area (Å²) < 4.78 is 26.7. The van der Waals surface area contributed by atoms with E-state index in [0.717, 1.165) is 12.8 Å². The predicted octanol–water partition coefficient (Wildman–Crippen LogP) is 2.03. The summed E-state index contributed by atoms with van der Waals surface area (Å²) in [6.45, 7) is 4.56. The molecular formula is C15H21NO3S. The molecule has 2 rings (SSSR count). The maximum absolute atomic E-state index is 12.6. The number of hydrogen-bond donors (Lipinski definition) is 1. The average molecular weight is 295 g/mol. The Hall–Kier alpha value is -1.17. The van der Waals surface area contributed by atoms with E-state index < -0.39 is 10.0 Å². The normalized spacial score (nSPS) is 24.4. The molecule has 110 valence electrons. The molecule has 4 nitrogen and oxygen atoms in total. The second-order valence-corrected chi connectivity index (χ2v) is 7.34. The Morgan fingerprint density at radius 2 is 2.05 bits per heavy atom. The molecule has 1 heterocycles. The second-order valence-electron chi connectivity index (χ2n) is 5.41. The quantitative estimate of drug-likeness (QED) is 0.846. The molecule has 0 bridgehead atoms. The molecule has 1 saturated heterocycles. The summed E-state index contributed by atoms with van der Waals surface area (Å²) in [5.41, 5.74) is -0.387. The maximum atomic E-state index is 12.6. The summed E-state index contributed by atoms with van der Waals surface area (Å²) in [5.74, 6) is 0. The molecule has 1 N–H and O–H groups in total. The van der Waals surface area contributed by atoms with Crippen LogP contribution < -0.4 is 0 Å². The van der Waals surface area contributed by atoms with Crippen molar-refractivity contribution in [1.82, 2.24) is 4.31 Å². The van der Waals surface area contributed by atoms with Crippen molar-refractivity contribution in [2.75, 3.05) is 19.7 Å². The van der Waals surface area contributed by atoms with Crippen LogP contribution in [0.15, 0.2) is 47.9 Å². The smallest absolute Gasteiger partial charge is 0.243 e. The van der Waals surface area contributed by atoms with Crippen LogP contribution in [0.1, 0.15) is 19.3 Å². The lowest BCUT2D eigenvalue weighted by atomic mass is 9.79. The third-order valence-corrected chi connectivity index (χ3v) is 5.78. The summed E-state index contributed by atoms with van der Waals surface area (Å²) >= 11 is 0. The van der Waals surface area contributed by atoms with E-state index >= 15 is 0 Å². The number of rotatable bonds is 5. The minimum Gasteiger partial charge on any atom is -0.396 e. The average Bonchev–Trinajstić information content (AvgIpc) is 2.49. The zero-order valence-corrected chi connectivity index (χ0v) is 12.3. The molecule has 1 aliphatic rings. The molecule has 1 aromatic rings. The molecule has 20 heavy (non-hydrogen) atoms. The van der Waals surface area contributed by atoms with Crippen LogP contribution in [0.4, 0.5) is 0 Å². The molecule has 1 aromatic carbocycles. The van der Waals surface area contributed by atoms with Crippen LogP contribution >= 0.6 is 0 Å². The van der Waals surface area contributed by atoms with Crippen molar-refractivity contribution in [1.29, 1.82) is 0 Å². The molecule has 0 aliphatic carbocycles. The van der Waals surface area contributed by atoms with Gasteiger partial charge in [0.25, 0.3) is 0 Å². The van der Waals surface area contributed by atoms with Gasteiger partial charge in [-0.1, -0.05) is 24.3 Å². The van der Waals surface area contributed by atoms with Crippen LogP contribution in [-0.4, -0.2) is 37.5 Å². The van der Waals surface area contributed by atoms with Gasteiger partial charge >= 0.3 is 0 Å². The monoisotopic (exact) mass is 295 g/mol. The van der Waals surface area contributed by atoms with Crippen LogP contribution in [0, 0.1) is 5.41 Å². The van der Waals surface area contributed by atoms with E-state index in [-0.39, 0.29) is 12.0 Å². The molecule has 0 spiro atoms. The van der Waals surface area contributed by atoms with Gasteiger partial charge in [0.15, 0.2) is 0 Å². The number of benzene rings is 1. The van der Waals surface area contributed by atoms with Crippen molar-refractivity contribution in [3.63, 3.8) is 0 Å². The first-order valence-electron chi connectivity index (χ1n) is 6.81. The summed E-state index contributed by atoms with van der Waals surface area (Å²) in [6.07, 6.45) is 3.98. The molecule has 0 saturated carbocycles. The van der Waals surface area contributed by atoms with Crippen LogP contribution in [0.2, 0.25) is 0 Å². The van der Waals surface area contributed by atoms with Crippen LogP contribution in [-0.2, 0) is 10.0 Å². The van der Waals surface area contributed by atoms with E-state index in [0.29, 0.717) is 24.4 Å². The fourth-order valence-corrected chi connectivity index (χ4v) is 4.39. The van der Waals surface area contributed by atoms with Crippen molar-refractivity contribution in [3.8, 4) is 0 Å². The highest BCUT2D eigenvalue weighted by Gasteiger charge is 2.38. The van der Waals surface area contributed by atoms with E-state index in [9.17, 15) is 13.5 Å². The summed E-state index contributed by atoms with van der Waals surface area (Å²) in [5, 5.41) is 9.66. The minimum atomic E-state index is -3.47. The predicted molar refractivity (Wildman–Crippen MR) is 78.8 cm³/mol. The minimum absolute atomic E-state index is 0.0141. The van der Waals surface area contributed by atoms with Gasteiger partial charge < -0.3 is 5.11 Å². The van der Waals surface area contributed by atoms with Gasteiger partial charge in [0.05, 0.1) is 11.5 Å². The number of nitrogens with zero attached hydrogens (tertiary/aromatic N) is 1. The molecule has 0 radical (unpaired) electrons. The molecule has 5 heteroatoms. The third-order valence-electron chi connectivity index (χ3n) is 3.92. The van der Waals surface area contributed by atoms with Crippen molar-refractivity contribution < 1.29 is 13.5 Å². The van der Waals surface area contributed by atoms with Crippen molar-refractivity contribution in [3.05, 3.63) is 43.0 Å². The zero-order valence-electron chi connectivity index (χ0n) is 11.5. The number of allylic oxidation sites excluding steroid dienone is 1. The second kappa shape index (κ2) is 6.08. The Kier molecular flexibility index (Phi) is 4.62. The lowest BCUT2D eigenvalue weighted by Crippen LogP contribution is -2.47. The first-order valence-corrected chi connectivity index (χ1v) is 8.25. The number of aliphatic hydroxyl groups excluding tert-OH is 1. The number of sulfonamides is 1. The Morgan fingerprint density at radius 1 is 1.35 bits per heavy atom. The third kappa shape index (κ3) is 2.95. The van der Waals surface area contributed by atoms with E-state index in [1.165, 1.54) is 4.31 Å². The van der Waals surface area contributed by atoms with Crippen LogP contribution in [0.3, 0.4) is 0 Å². The van der Waals surface area contributed by atoms with Crippen molar-refractivity contribution in [2.24, 2.45) is 5.41 Å². The highest BCUT2D eigenvalue weighted by Crippen LogP contribution is 2.35. The van der Waals surface area contributed by atoms with Gasteiger partial charge in [-0.2, -0.15) is 4.31 Å². The van der Waals surface area contributed by atoms with E-state index in [1.807, 2.05) is 0 Å². The first-order chi connectivity index (χ1) is 9.54. The van der Waals surface area contributed by atoms with Gasteiger partial charge in [0, 0.05) is 18.5 Å². The number of aliphatic hydroxyl groups is 1. The molecule has 1 fully saturated rings. The van der Waals surface area contributed by atoms with Gasteiger partial charge in [-0.25, -0.2) is 8.42 Å². The fourth-order valence-electron chi connectivity index (χ4n) is 2.78. The van der Waals surface area contributed by atoms with Crippen molar-refractivity contribution >= 4 is 10.0 Å². The van der Waals surface area contributed by atoms with E-state index in [1.54, 1.807) is 36.4 Å². The number of hydrogen-bond acceptors (Lipinski definition) is 3. The Bertz CT molecular complexity index is 556. The van der Waals surface area contributed by atoms with E-state index in [2.05, 4.69) is 6.58 Å². The van der Waals surface area contributed by atoms with Crippen molar-refractivity contribution in [2.45, 2.75) is 24.2 Å². The Balaban J connectivity index is 2.27. The summed E-state index contributed by atoms with van der Waals surface area (Å²) in [4.78, 5) is 0.312. The number of piperidine rings is 1.